The first-order valence-electron chi connectivity index (χ1n) is 6.51. The van der Waals surface area contributed by atoms with Crippen LogP contribution in [0.3, 0.4) is 0 Å². The summed E-state index contributed by atoms with van der Waals surface area (Å²) in [5, 5.41) is 0. The van der Waals surface area contributed by atoms with E-state index in [0.29, 0.717) is 0 Å². The SMILES string of the molecule is C=CC[Si]1(C)N[Si](C)(CC=C)N[Si](C)(CC=C)N1. The molecule has 0 aromatic heterocycles. The molecular weight excluding hydrogens is 270 g/mol. The van der Waals surface area contributed by atoms with Crippen molar-refractivity contribution in [1.29, 1.82) is 0 Å². The molecule has 1 aliphatic heterocycles. The summed E-state index contributed by atoms with van der Waals surface area (Å²) >= 11 is 0. The summed E-state index contributed by atoms with van der Waals surface area (Å²) in [6, 6.07) is 3.19. The van der Waals surface area contributed by atoms with Gasteiger partial charge in [-0.15, -0.1) is 19.7 Å². The summed E-state index contributed by atoms with van der Waals surface area (Å²) in [7, 11) is -4.90. The third kappa shape index (κ3) is 3.87. The van der Waals surface area contributed by atoms with E-state index in [9.17, 15) is 0 Å². The van der Waals surface area contributed by atoms with Gasteiger partial charge in [-0.25, -0.2) is 0 Å². The molecule has 0 aromatic rings. The van der Waals surface area contributed by atoms with Gasteiger partial charge in [0.05, 0.1) is 0 Å². The van der Waals surface area contributed by atoms with Crippen molar-refractivity contribution in [2.75, 3.05) is 0 Å². The molecule has 1 fully saturated rings. The highest BCUT2D eigenvalue weighted by molar-refractivity contribution is 7.06. The van der Waals surface area contributed by atoms with Crippen molar-refractivity contribution in [3.8, 4) is 0 Å². The van der Waals surface area contributed by atoms with Gasteiger partial charge in [-0.1, -0.05) is 18.2 Å². The van der Waals surface area contributed by atoms with E-state index in [1.165, 1.54) is 0 Å². The van der Waals surface area contributed by atoms with Gasteiger partial charge in [-0.2, -0.15) is 0 Å². The standard InChI is InChI=1S/C12H27N3Si3/c1-7-10-16(4)13-17(5,11-8-2)15-18(6,14-16)12-9-3/h7-9,13-15H,1-3,10-12H2,4-6H3. The van der Waals surface area contributed by atoms with Crippen molar-refractivity contribution in [2.45, 2.75) is 37.8 Å². The first kappa shape index (κ1) is 15.8. The number of hydrogen-bond acceptors (Lipinski definition) is 3. The zero-order valence-corrected chi connectivity index (χ0v) is 15.0. The molecule has 0 bridgehead atoms. The lowest BCUT2D eigenvalue weighted by molar-refractivity contribution is 0.995. The molecule has 0 spiro atoms. The molecule has 18 heavy (non-hydrogen) atoms. The van der Waals surface area contributed by atoms with Crippen molar-refractivity contribution in [3.05, 3.63) is 38.0 Å². The monoisotopic (exact) mass is 297 g/mol. The van der Waals surface area contributed by atoms with Crippen LogP contribution in [0.5, 0.6) is 0 Å². The van der Waals surface area contributed by atoms with Crippen molar-refractivity contribution < 1.29 is 0 Å². The predicted octanol–water partition coefficient (Wildman–Crippen LogP) is 2.54. The third-order valence-corrected chi connectivity index (χ3v) is 19.9. The quantitative estimate of drug-likeness (QED) is 0.521. The summed E-state index contributed by atoms with van der Waals surface area (Å²) in [6.07, 6.45) is 6.13. The molecule has 0 unspecified atom stereocenters. The Bertz CT molecular complexity index is 285. The fourth-order valence-corrected chi connectivity index (χ4v) is 24.3. The van der Waals surface area contributed by atoms with Gasteiger partial charge in [-0.3, -0.25) is 0 Å². The molecule has 0 aromatic carbocycles. The highest BCUT2D eigenvalue weighted by Gasteiger charge is 2.49. The van der Waals surface area contributed by atoms with Gasteiger partial charge < -0.3 is 13.9 Å². The second-order valence-electron chi connectivity index (χ2n) is 5.85. The molecule has 0 atom stereocenters. The second-order valence-corrected chi connectivity index (χ2v) is 18.1. The van der Waals surface area contributed by atoms with Crippen molar-refractivity contribution >= 4 is 25.2 Å². The Hall–Kier alpha value is -0.249. The van der Waals surface area contributed by atoms with E-state index in [1.54, 1.807) is 0 Å². The average molecular weight is 298 g/mol. The summed E-state index contributed by atoms with van der Waals surface area (Å²) in [6.45, 7) is 18.9. The van der Waals surface area contributed by atoms with Crippen LogP contribution in [0.25, 0.3) is 0 Å². The highest BCUT2D eigenvalue weighted by Crippen LogP contribution is 2.21. The van der Waals surface area contributed by atoms with Crippen LogP contribution in [0.2, 0.25) is 37.8 Å². The van der Waals surface area contributed by atoms with Gasteiger partial charge >= 0.3 is 0 Å². The van der Waals surface area contributed by atoms with E-state index in [1.807, 2.05) is 18.2 Å². The van der Waals surface area contributed by atoms with Crippen LogP contribution in [-0.4, -0.2) is 25.2 Å². The molecule has 1 aliphatic rings. The van der Waals surface area contributed by atoms with E-state index >= 15 is 0 Å². The van der Waals surface area contributed by atoms with Crippen LogP contribution in [0.1, 0.15) is 0 Å². The molecule has 102 valence electrons. The molecule has 1 rings (SSSR count). The number of nitrogens with one attached hydrogen (secondary N) is 3. The minimum Gasteiger partial charge on any atom is -0.336 e. The van der Waals surface area contributed by atoms with Crippen LogP contribution >= 0.6 is 0 Å². The summed E-state index contributed by atoms with van der Waals surface area (Å²) in [5.41, 5.74) is 0. The molecular formula is C12H27N3Si3. The smallest absolute Gasteiger partial charge is 0.190 e. The highest BCUT2D eigenvalue weighted by atomic mass is 28.5. The first-order chi connectivity index (χ1) is 8.30. The van der Waals surface area contributed by atoms with Crippen molar-refractivity contribution in [3.63, 3.8) is 0 Å². The Morgan fingerprint density at radius 3 is 1.06 bits per heavy atom. The Labute approximate surface area is 115 Å². The fraction of sp³-hybridized carbons (Fsp3) is 0.500. The summed E-state index contributed by atoms with van der Waals surface area (Å²) in [5.74, 6) is 0. The second kappa shape index (κ2) is 5.81. The number of allylic oxidation sites excluding steroid dienone is 3. The molecule has 1 heterocycles. The maximum absolute atomic E-state index is 3.94. The van der Waals surface area contributed by atoms with Gasteiger partial charge in [0.25, 0.3) is 0 Å². The molecule has 3 nitrogen and oxygen atoms in total. The van der Waals surface area contributed by atoms with Gasteiger partial charge in [0.15, 0.2) is 25.2 Å². The van der Waals surface area contributed by atoms with Gasteiger partial charge in [0, 0.05) is 0 Å². The van der Waals surface area contributed by atoms with E-state index in [-0.39, 0.29) is 0 Å². The zero-order chi connectivity index (χ0) is 13.9. The predicted molar refractivity (Wildman–Crippen MR) is 89.3 cm³/mol. The largest absolute Gasteiger partial charge is 0.336 e. The molecule has 0 saturated carbocycles. The number of hydrogen-bond donors (Lipinski definition) is 3. The lowest BCUT2D eigenvalue weighted by atomic mass is 10.8. The van der Waals surface area contributed by atoms with Gasteiger partial charge in [0.2, 0.25) is 0 Å². The number of rotatable bonds is 6. The van der Waals surface area contributed by atoms with Crippen LogP contribution in [0, 0.1) is 0 Å². The minimum absolute atomic E-state index is 1.06. The van der Waals surface area contributed by atoms with E-state index < -0.39 is 25.2 Å². The Morgan fingerprint density at radius 1 is 0.667 bits per heavy atom. The van der Waals surface area contributed by atoms with Crippen LogP contribution in [0.15, 0.2) is 38.0 Å². The lowest BCUT2D eigenvalue weighted by Crippen LogP contribution is -2.89. The van der Waals surface area contributed by atoms with Crippen LogP contribution in [0.4, 0.5) is 0 Å². The maximum atomic E-state index is 3.94. The van der Waals surface area contributed by atoms with Gasteiger partial charge in [-0.05, 0) is 37.8 Å². The lowest BCUT2D eigenvalue weighted by Gasteiger charge is -2.52. The summed E-state index contributed by atoms with van der Waals surface area (Å²) < 4.78 is 11.8. The molecule has 3 N–H and O–H groups in total. The van der Waals surface area contributed by atoms with Crippen molar-refractivity contribution in [2.24, 2.45) is 0 Å². The molecule has 0 radical (unpaired) electrons. The average Bonchev–Trinajstić information content (AvgIpc) is 2.14. The Kier molecular flexibility index (Phi) is 5.10. The van der Waals surface area contributed by atoms with Crippen molar-refractivity contribution in [1.82, 2.24) is 13.9 Å². The van der Waals surface area contributed by atoms with Gasteiger partial charge in [0.1, 0.15) is 0 Å². The fourth-order valence-electron chi connectivity index (χ4n) is 3.09. The summed E-state index contributed by atoms with van der Waals surface area (Å²) in [4.78, 5) is 0. The maximum Gasteiger partial charge on any atom is 0.190 e. The molecule has 0 aliphatic carbocycles. The Balaban J connectivity index is 3.01. The topological polar surface area (TPSA) is 36.1 Å². The minimum atomic E-state index is -1.63. The van der Waals surface area contributed by atoms with Crippen LogP contribution in [-0.2, 0) is 0 Å². The van der Waals surface area contributed by atoms with E-state index in [4.69, 9.17) is 0 Å². The van der Waals surface area contributed by atoms with Crippen LogP contribution < -0.4 is 13.9 Å². The van der Waals surface area contributed by atoms with E-state index in [0.717, 1.165) is 18.1 Å². The Morgan fingerprint density at radius 2 is 0.889 bits per heavy atom. The third-order valence-electron chi connectivity index (χ3n) is 3.31. The first-order valence-corrected chi connectivity index (χ1v) is 14.6. The normalized spacial score (nSPS) is 40.2. The molecule has 1 saturated heterocycles. The molecule has 6 heteroatoms. The zero-order valence-electron chi connectivity index (χ0n) is 12.0. The molecule has 0 amide bonds. The van der Waals surface area contributed by atoms with E-state index in [2.05, 4.69) is 53.3 Å².